The van der Waals surface area contributed by atoms with Crippen LogP contribution in [-0.2, 0) is 9.53 Å². The summed E-state index contributed by atoms with van der Waals surface area (Å²) in [6.07, 6.45) is 2.68. The molecule has 0 aliphatic carbocycles. The van der Waals surface area contributed by atoms with E-state index in [0.717, 1.165) is 0 Å². The first-order chi connectivity index (χ1) is 18.6. The first-order valence-electron chi connectivity index (χ1n) is 12.2. The molecule has 0 spiro atoms. The van der Waals surface area contributed by atoms with Crippen molar-refractivity contribution in [2.45, 2.75) is 45.8 Å². The lowest BCUT2D eigenvalue weighted by molar-refractivity contribution is -0.122. The van der Waals surface area contributed by atoms with Gasteiger partial charge in [-0.2, -0.15) is 10.4 Å². The molecule has 13 heteroatoms. The van der Waals surface area contributed by atoms with Crippen LogP contribution in [0.4, 0.5) is 16.4 Å². The van der Waals surface area contributed by atoms with Crippen molar-refractivity contribution in [2.75, 3.05) is 25.6 Å². The number of nitrogens with zero attached hydrogens (tertiary/aromatic N) is 4. The van der Waals surface area contributed by atoms with Gasteiger partial charge < -0.3 is 30.2 Å². The van der Waals surface area contributed by atoms with E-state index in [1.165, 1.54) is 12.4 Å². The van der Waals surface area contributed by atoms with Crippen molar-refractivity contribution < 1.29 is 23.8 Å². The normalized spacial score (nSPS) is 11.6. The molecule has 2 heterocycles. The summed E-state index contributed by atoms with van der Waals surface area (Å²) in [5, 5.41) is 24.4. The van der Waals surface area contributed by atoms with Crippen molar-refractivity contribution in [3.05, 3.63) is 42.4 Å². The van der Waals surface area contributed by atoms with E-state index in [1.54, 1.807) is 40.9 Å². The number of aromatic nitrogens is 4. The van der Waals surface area contributed by atoms with E-state index in [-0.39, 0.29) is 11.6 Å². The van der Waals surface area contributed by atoms with E-state index in [9.17, 15) is 9.59 Å². The zero-order valence-electron chi connectivity index (χ0n) is 22.5. The predicted molar refractivity (Wildman–Crippen MR) is 143 cm³/mol. The third kappa shape index (κ3) is 8.60. The van der Waals surface area contributed by atoms with Crippen LogP contribution in [0.25, 0.3) is 11.3 Å². The van der Waals surface area contributed by atoms with Gasteiger partial charge in [0.25, 0.3) is 0 Å². The molecule has 206 valence electrons. The number of hydrogen-bond acceptors (Lipinski definition) is 10. The maximum atomic E-state index is 12.3. The highest BCUT2D eigenvalue weighted by Gasteiger charge is 2.21. The number of nitrogens with one attached hydrogen (secondary N) is 4. The van der Waals surface area contributed by atoms with Crippen molar-refractivity contribution in [2.24, 2.45) is 0 Å². The number of carbonyl (C=O) groups excluding carboxylic acids is 2. The Morgan fingerprint density at radius 3 is 2.59 bits per heavy atom. The number of hydrogen-bond donors (Lipinski definition) is 4. The van der Waals surface area contributed by atoms with Crippen LogP contribution >= 0.6 is 0 Å². The fourth-order valence-corrected chi connectivity index (χ4v) is 3.33. The standard InChI is InChI=1S/C26H32N8O5/c1-16(31-25(36)39-26(2,3)4)24(35)28-10-7-11-38-20-9-6-8-19(37-5)23(20)18-12-21(34-33-18)32-22-15-29-17(13-27)14-30-22/h6,8-9,12,14-16H,7,10-11H2,1-5H3,(H,28,35)(H,31,36)(H2,30,32,33,34)/t16-/m0/s1. The number of amides is 2. The number of H-pyrrole nitrogens is 1. The highest BCUT2D eigenvalue weighted by Crippen LogP contribution is 2.38. The molecule has 0 radical (unpaired) electrons. The second-order valence-electron chi connectivity index (χ2n) is 9.38. The lowest BCUT2D eigenvalue weighted by Crippen LogP contribution is -2.46. The highest BCUT2D eigenvalue weighted by molar-refractivity contribution is 5.85. The molecule has 2 aromatic heterocycles. The molecule has 0 fully saturated rings. The van der Waals surface area contributed by atoms with E-state index in [1.807, 2.05) is 24.3 Å². The maximum absolute atomic E-state index is 12.3. The minimum atomic E-state index is -0.746. The van der Waals surface area contributed by atoms with Gasteiger partial charge in [0.05, 0.1) is 37.4 Å². The van der Waals surface area contributed by atoms with Gasteiger partial charge in [0.1, 0.15) is 35.0 Å². The summed E-state index contributed by atoms with van der Waals surface area (Å²) in [5.74, 6) is 1.73. The minimum Gasteiger partial charge on any atom is -0.496 e. The fourth-order valence-electron chi connectivity index (χ4n) is 3.33. The SMILES string of the molecule is COc1cccc(OCCCNC(=O)[C@H](C)NC(=O)OC(C)(C)C)c1-c1cc(Nc2cnc(C#N)cn2)n[nH]1. The van der Waals surface area contributed by atoms with Crippen LogP contribution < -0.4 is 25.4 Å². The van der Waals surface area contributed by atoms with E-state index in [4.69, 9.17) is 19.5 Å². The molecule has 2 amide bonds. The summed E-state index contributed by atoms with van der Waals surface area (Å²) >= 11 is 0. The van der Waals surface area contributed by atoms with Gasteiger partial charge in [-0.05, 0) is 46.2 Å². The van der Waals surface area contributed by atoms with E-state index >= 15 is 0 Å². The van der Waals surface area contributed by atoms with Gasteiger partial charge in [0.15, 0.2) is 11.5 Å². The molecule has 13 nitrogen and oxygen atoms in total. The predicted octanol–water partition coefficient (Wildman–Crippen LogP) is 3.29. The molecule has 0 unspecified atom stereocenters. The Hall–Kier alpha value is -4.86. The summed E-state index contributed by atoms with van der Waals surface area (Å²) in [6, 6.07) is 8.37. The number of methoxy groups -OCH3 is 1. The summed E-state index contributed by atoms with van der Waals surface area (Å²) in [4.78, 5) is 32.3. The Morgan fingerprint density at radius 1 is 1.15 bits per heavy atom. The van der Waals surface area contributed by atoms with Gasteiger partial charge in [0, 0.05) is 12.6 Å². The summed E-state index contributed by atoms with van der Waals surface area (Å²) < 4.78 is 16.7. The number of alkyl carbamates (subject to hydrolysis) is 1. The molecular weight excluding hydrogens is 504 g/mol. The third-order valence-corrected chi connectivity index (χ3v) is 5.08. The van der Waals surface area contributed by atoms with Crippen molar-refractivity contribution in [1.29, 1.82) is 5.26 Å². The number of anilines is 2. The van der Waals surface area contributed by atoms with E-state index in [0.29, 0.717) is 54.0 Å². The highest BCUT2D eigenvalue weighted by atomic mass is 16.6. The average Bonchev–Trinajstić information content (AvgIpc) is 3.35. The molecule has 3 aromatic rings. The molecule has 1 atom stereocenters. The Balaban J connectivity index is 1.56. The van der Waals surface area contributed by atoms with Crippen molar-refractivity contribution >= 4 is 23.6 Å². The molecule has 1 aromatic carbocycles. The number of carbonyl (C=O) groups is 2. The summed E-state index contributed by atoms with van der Waals surface area (Å²) in [7, 11) is 1.56. The zero-order chi connectivity index (χ0) is 28.4. The van der Waals surface area contributed by atoms with Gasteiger partial charge in [-0.25, -0.2) is 14.8 Å². The van der Waals surface area contributed by atoms with E-state index < -0.39 is 17.7 Å². The quantitative estimate of drug-likeness (QED) is 0.266. The van der Waals surface area contributed by atoms with Crippen LogP contribution in [0.1, 0.15) is 39.8 Å². The largest absolute Gasteiger partial charge is 0.496 e. The van der Waals surface area contributed by atoms with Crippen LogP contribution in [0, 0.1) is 11.3 Å². The molecule has 0 aliphatic heterocycles. The Labute approximate surface area is 226 Å². The lowest BCUT2D eigenvalue weighted by Gasteiger charge is -2.21. The first kappa shape index (κ1) is 28.7. The molecule has 0 bridgehead atoms. The van der Waals surface area contributed by atoms with Crippen LogP contribution in [0.15, 0.2) is 36.7 Å². The van der Waals surface area contributed by atoms with E-state index in [2.05, 4.69) is 36.1 Å². The maximum Gasteiger partial charge on any atom is 0.408 e. The monoisotopic (exact) mass is 536 g/mol. The number of ether oxygens (including phenoxy) is 3. The van der Waals surface area contributed by atoms with Gasteiger partial charge in [-0.15, -0.1) is 0 Å². The molecule has 4 N–H and O–H groups in total. The second-order valence-corrected chi connectivity index (χ2v) is 9.38. The summed E-state index contributed by atoms with van der Waals surface area (Å²) in [5.41, 5.74) is 0.878. The Kier molecular flexibility index (Phi) is 9.63. The third-order valence-electron chi connectivity index (χ3n) is 5.08. The minimum absolute atomic E-state index is 0.214. The fraction of sp³-hybridized carbons (Fsp3) is 0.385. The van der Waals surface area contributed by atoms with Crippen LogP contribution in [-0.4, -0.2) is 64.1 Å². The number of benzene rings is 1. The molecule has 0 aliphatic rings. The van der Waals surface area contributed by atoms with Crippen LogP contribution in [0.2, 0.25) is 0 Å². The second kappa shape index (κ2) is 13.1. The van der Waals surface area contributed by atoms with Crippen LogP contribution in [0.3, 0.4) is 0 Å². The molecule has 0 saturated carbocycles. The van der Waals surface area contributed by atoms with Gasteiger partial charge in [0.2, 0.25) is 5.91 Å². The topological polar surface area (TPSA) is 176 Å². The van der Waals surface area contributed by atoms with Crippen molar-refractivity contribution in [3.63, 3.8) is 0 Å². The Morgan fingerprint density at radius 2 is 1.92 bits per heavy atom. The molecule has 3 rings (SSSR count). The molecule has 39 heavy (non-hydrogen) atoms. The molecule has 0 saturated heterocycles. The number of nitriles is 1. The van der Waals surface area contributed by atoms with Gasteiger partial charge >= 0.3 is 6.09 Å². The van der Waals surface area contributed by atoms with Gasteiger partial charge in [-0.1, -0.05) is 6.07 Å². The van der Waals surface area contributed by atoms with Gasteiger partial charge in [-0.3, -0.25) is 9.89 Å². The average molecular weight is 537 g/mol. The van der Waals surface area contributed by atoms with Crippen molar-refractivity contribution in [3.8, 4) is 28.8 Å². The first-order valence-corrected chi connectivity index (χ1v) is 12.2. The van der Waals surface area contributed by atoms with Crippen LogP contribution in [0.5, 0.6) is 11.5 Å². The zero-order valence-corrected chi connectivity index (χ0v) is 22.5. The smallest absolute Gasteiger partial charge is 0.408 e. The summed E-state index contributed by atoms with van der Waals surface area (Å²) in [6.45, 7) is 7.50. The molecular formula is C26H32N8O5. The Bertz CT molecular complexity index is 1310. The number of rotatable bonds is 11. The van der Waals surface area contributed by atoms with Crippen molar-refractivity contribution in [1.82, 2.24) is 30.8 Å². The lowest BCUT2D eigenvalue weighted by atomic mass is 10.1. The number of aromatic amines is 1.